The number of benzene rings is 3. The molecule has 0 saturated carbocycles. The number of nitro benzene ring substituents is 2. The maximum Gasteiger partial charge on any atom is 0.339 e. The molecule has 0 amide bonds. The molecular weight excluding hydrogens is 452 g/mol. The number of rotatable bonds is 6. The Hall–Kier alpha value is -4.11. The highest BCUT2D eigenvalue weighted by atomic mass is 28.3. The van der Waals surface area contributed by atoms with Gasteiger partial charge in [0.05, 0.1) is 29.6 Å². The normalized spacial score (nSPS) is 16.8. The Balaban J connectivity index is 1.79. The Morgan fingerprint density at radius 1 is 0.853 bits per heavy atom. The lowest BCUT2D eigenvalue weighted by atomic mass is 9.98. The van der Waals surface area contributed by atoms with Crippen LogP contribution in [0.4, 0.5) is 11.4 Å². The van der Waals surface area contributed by atoms with Crippen LogP contribution in [0.2, 0.25) is 19.1 Å². The molecule has 0 bridgehead atoms. The first-order valence-electron chi connectivity index (χ1n) is 10.7. The molecule has 0 aliphatic carbocycles. The number of hydrogen-bond acceptors (Lipinski definition) is 6. The molecule has 0 fully saturated rings. The number of ether oxygens (including phenoxy) is 1. The summed E-state index contributed by atoms with van der Waals surface area (Å²) in [5, 5.41) is 23.7. The fraction of sp³-hybridized carbons (Fsp3) is 0.160. The third-order valence-electron chi connectivity index (χ3n) is 5.92. The van der Waals surface area contributed by atoms with Gasteiger partial charge in [0.25, 0.3) is 11.4 Å². The van der Waals surface area contributed by atoms with Gasteiger partial charge in [-0.15, -0.1) is 0 Å². The highest BCUT2D eigenvalue weighted by Gasteiger charge is 2.44. The number of nitrogens with zero attached hydrogens (tertiary/aromatic N) is 2. The van der Waals surface area contributed by atoms with E-state index in [4.69, 9.17) is 4.74 Å². The Morgan fingerprint density at radius 3 is 1.85 bits per heavy atom. The van der Waals surface area contributed by atoms with E-state index >= 15 is 0 Å². The molecule has 9 heteroatoms. The number of hydrogen-bond donors (Lipinski definition) is 0. The molecule has 34 heavy (non-hydrogen) atoms. The van der Waals surface area contributed by atoms with Crippen molar-refractivity contribution in [2.24, 2.45) is 0 Å². The van der Waals surface area contributed by atoms with Crippen LogP contribution in [0.3, 0.4) is 0 Å². The summed E-state index contributed by atoms with van der Waals surface area (Å²) in [5.74, 6) is -0.829. The zero-order valence-corrected chi connectivity index (χ0v) is 19.6. The number of non-ortho nitro benzene ring substituents is 2. The summed E-state index contributed by atoms with van der Waals surface area (Å²) < 4.78 is 5.91. The van der Waals surface area contributed by atoms with E-state index in [1.54, 1.807) is 0 Å². The predicted molar refractivity (Wildman–Crippen MR) is 131 cm³/mol. The van der Waals surface area contributed by atoms with E-state index in [0.717, 1.165) is 34.9 Å². The van der Waals surface area contributed by atoms with Crippen molar-refractivity contribution in [3.63, 3.8) is 0 Å². The molecule has 0 radical (unpaired) electrons. The fourth-order valence-electron chi connectivity index (χ4n) is 4.51. The van der Waals surface area contributed by atoms with E-state index in [0.29, 0.717) is 6.04 Å². The zero-order chi connectivity index (χ0) is 24.5. The number of carbonyl (C=O) groups excluding carboxylic acids is 1. The smallest absolute Gasteiger partial charge is 0.339 e. The quantitative estimate of drug-likeness (QED) is 0.190. The summed E-state index contributed by atoms with van der Waals surface area (Å²) in [4.78, 5) is 34.1. The Bertz CT molecular complexity index is 1270. The fourth-order valence-corrected chi connectivity index (χ4v) is 7.91. The third-order valence-corrected chi connectivity index (χ3v) is 9.22. The van der Waals surface area contributed by atoms with Gasteiger partial charge < -0.3 is 4.74 Å². The van der Waals surface area contributed by atoms with Crippen LogP contribution in [-0.2, 0) is 4.74 Å². The van der Waals surface area contributed by atoms with Crippen LogP contribution in [0.1, 0.15) is 21.5 Å². The first-order chi connectivity index (χ1) is 16.2. The second kappa shape index (κ2) is 9.03. The SMILES string of the molecule is C[Si]1(C)C[C@@H](OC(=O)c2cc([N+](=O)[O-])cc([N+](=O)[O-])c2)C(c2ccccc2)=C1c1ccccc1. The average Bonchev–Trinajstić information content (AvgIpc) is 3.09. The first-order valence-corrected chi connectivity index (χ1v) is 13.9. The molecule has 1 aliphatic rings. The monoisotopic (exact) mass is 474 g/mol. The van der Waals surface area contributed by atoms with Crippen molar-refractivity contribution in [1.29, 1.82) is 0 Å². The van der Waals surface area contributed by atoms with Crippen LogP contribution in [0, 0.1) is 20.2 Å². The van der Waals surface area contributed by atoms with Crippen LogP contribution in [-0.4, -0.2) is 30.0 Å². The minimum absolute atomic E-state index is 0.221. The summed E-state index contributed by atoms with van der Waals surface area (Å²) >= 11 is 0. The largest absolute Gasteiger partial charge is 0.454 e. The molecule has 8 nitrogen and oxygen atoms in total. The van der Waals surface area contributed by atoms with E-state index in [1.165, 1.54) is 5.20 Å². The molecule has 4 rings (SSSR count). The maximum absolute atomic E-state index is 13.1. The van der Waals surface area contributed by atoms with Crippen molar-refractivity contribution in [3.05, 3.63) is 116 Å². The lowest BCUT2D eigenvalue weighted by Crippen LogP contribution is -2.27. The molecule has 172 valence electrons. The van der Waals surface area contributed by atoms with Crippen LogP contribution in [0.5, 0.6) is 0 Å². The van der Waals surface area contributed by atoms with Crippen molar-refractivity contribution in [2.75, 3.05) is 0 Å². The summed E-state index contributed by atoms with van der Waals surface area (Å²) in [6.45, 7) is 4.43. The standard InChI is InChI=1S/C25H22N2O6Si/c1-34(2)16-22(33-25(28)19-13-20(26(29)30)15-21(14-19)27(31)32)23(17-9-5-3-6-10-17)24(34)18-11-7-4-8-12-18/h3-15,22H,16H2,1-2H3/t22-/m1/s1. The molecule has 3 aromatic rings. The first kappa shape index (κ1) is 23.1. The van der Waals surface area contributed by atoms with Gasteiger partial charge in [0.15, 0.2) is 0 Å². The van der Waals surface area contributed by atoms with Crippen molar-refractivity contribution in [3.8, 4) is 0 Å². The van der Waals surface area contributed by atoms with E-state index in [2.05, 4.69) is 13.1 Å². The Labute approximate surface area is 196 Å². The van der Waals surface area contributed by atoms with E-state index < -0.39 is 41.4 Å². The number of nitro groups is 2. The van der Waals surface area contributed by atoms with Gasteiger partial charge in [0, 0.05) is 12.1 Å². The van der Waals surface area contributed by atoms with Crippen LogP contribution in [0.25, 0.3) is 10.8 Å². The van der Waals surface area contributed by atoms with Crippen molar-refractivity contribution >= 4 is 36.2 Å². The maximum atomic E-state index is 13.1. The van der Waals surface area contributed by atoms with Crippen LogP contribution < -0.4 is 0 Å². The molecule has 3 aromatic carbocycles. The lowest BCUT2D eigenvalue weighted by molar-refractivity contribution is -0.394. The molecule has 1 aliphatic heterocycles. The van der Waals surface area contributed by atoms with Crippen molar-refractivity contribution in [1.82, 2.24) is 0 Å². The van der Waals surface area contributed by atoms with Gasteiger partial charge in [-0.1, -0.05) is 73.8 Å². The molecule has 0 spiro atoms. The van der Waals surface area contributed by atoms with Gasteiger partial charge in [0.1, 0.15) is 6.10 Å². The van der Waals surface area contributed by atoms with Crippen LogP contribution in [0.15, 0.2) is 78.9 Å². The second-order valence-corrected chi connectivity index (χ2v) is 13.4. The zero-order valence-electron chi connectivity index (χ0n) is 18.6. The van der Waals surface area contributed by atoms with E-state index in [9.17, 15) is 25.0 Å². The molecule has 1 atom stereocenters. The van der Waals surface area contributed by atoms with Crippen molar-refractivity contribution in [2.45, 2.75) is 25.2 Å². The number of esters is 1. The second-order valence-electron chi connectivity index (χ2n) is 8.75. The van der Waals surface area contributed by atoms with Gasteiger partial charge >= 0.3 is 5.97 Å². The average molecular weight is 475 g/mol. The third kappa shape index (κ3) is 4.51. The van der Waals surface area contributed by atoms with Gasteiger partial charge in [-0.3, -0.25) is 20.2 Å². The van der Waals surface area contributed by atoms with Crippen molar-refractivity contribution < 1.29 is 19.4 Å². The summed E-state index contributed by atoms with van der Waals surface area (Å²) in [7, 11) is -2.06. The number of carbonyl (C=O) groups is 1. The molecule has 0 unspecified atom stereocenters. The molecule has 0 aromatic heterocycles. The van der Waals surface area contributed by atoms with Gasteiger partial charge in [0.2, 0.25) is 0 Å². The highest BCUT2D eigenvalue weighted by Crippen LogP contribution is 2.47. The molecular formula is C25H22N2O6Si. The predicted octanol–water partition coefficient (Wildman–Crippen LogP) is 5.90. The summed E-state index contributed by atoms with van der Waals surface area (Å²) in [6, 6.07) is 23.1. The van der Waals surface area contributed by atoms with Crippen LogP contribution >= 0.6 is 0 Å². The molecule has 0 N–H and O–H groups in total. The topological polar surface area (TPSA) is 113 Å². The minimum Gasteiger partial charge on any atom is -0.454 e. The molecule has 0 saturated heterocycles. The van der Waals surface area contributed by atoms with Gasteiger partial charge in [-0.2, -0.15) is 0 Å². The summed E-state index contributed by atoms with van der Waals surface area (Å²) in [6.07, 6.45) is -0.579. The van der Waals surface area contributed by atoms with Gasteiger partial charge in [-0.25, -0.2) is 4.79 Å². The highest BCUT2D eigenvalue weighted by molar-refractivity contribution is 6.97. The summed E-state index contributed by atoms with van der Waals surface area (Å²) in [5.41, 5.74) is 1.62. The lowest BCUT2D eigenvalue weighted by Gasteiger charge is -2.21. The minimum atomic E-state index is -2.06. The van der Waals surface area contributed by atoms with E-state index in [-0.39, 0.29) is 5.56 Å². The Kier molecular flexibility index (Phi) is 6.12. The van der Waals surface area contributed by atoms with E-state index in [1.807, 2.05) is 60.7 Å². The molecule has 1 heterocycles. The van der Waals surface area contributed by atoms with Gasteiger partial charge in [-0.05, 0) is 27.9 Å². The Morgan fingerprint density at radius 2 is 1.35 bits per heavy atom.